The van der Waals surface area contributed by atoms with Gasteiger partial charge in [0, 0.05) is 0 Å². The summed E-state index contributed by atoms with van der Waals surface area (Å²) in [5.41, 5.74) is 0. The van der Waals surface area contributed by atoms with E-state index in [9.17, 15) is 13.2 Å². The van der Waals surface area contributed by atoms with Gasteiger partial charge in [-0.05, 0) is 0 Å². The van der Waals surface area contributed by atoms with E-state index in [1.165, 1.54) is 0 Å². The largest absolute Gasteiger partial charge is 0.522 e. The fraction of sp³-hybridized carbons (Fsp3) is 1.00. The highest BCUT2D eigenvalue weighted by Gasteiger charge is 2.38. The maximum Gasteiger partial charge on any atom is 0.522 e. The van der Waals surface area contributed by atoms with Crippen LogP contribution in [0.15, 0.2) is 0 Å². The van der Waals surface area contributed by atoms with E-state index in [0.29, 0.717) is 0 Å². The molecule has 10 heavy (non-hydrogen) atoms. The molecule has 1 rings (SSSR count). The van der Waals surface area contributed by atoms with Gasteiger partial charge in [0.15, 0.2) is 0 Å². The molecule has 1 aliphatic heterocycles. The number of halogens is 3. The van der Waals surface area contributed by atoms with Crippen LogP contribution in [0.5, 0.6) is 0 Å². The lowest BCUT2D eigenvalue weighted by Crippen LogP contribution is -2.51. The van der Waals surface area contributed by atoms with Crippen LogP contribution >= 0.6 is 0 Å². The summed E-state index contributed by atoms with van der Waals surface area (Å²) in [5, 5.41) is 9.16. The van der Waals surface area contributed by atoms with Crippen molar-refractivity contribution in [3.05, 3.63) is 0 Å². The number of hydroxylamine groups is 2. The molecule has 0 aromatic heterocycles. The molecule has 0 amide bonds. The first-order valence-electron chi connectivity index (χ1n) is 2.66. The van der Waals surface area contributed by atoms with E-state index in [2.05, 4.69) is 4.74 Å². The van der Waals surface area contributed by atoms with Crippen molar-refractivity contribution in [3.8, 4) is 0 Å². The third-order valence-corrected chi connectivity index (χ3v) is 1.13. The Bertz CT molecular complexity index is 120. The lowest BCUT2D eigenvalue weighted by atomic mass is 10.2. The van der Waals surface area contributed by atoms with Crippen LogP contribution in [0.2, 0.25) is 0 Å². The molecule has 1 fully saturated rings. The lowest BCUT2D eigenvalue weighted by Gasteiger charge is -2.33. The van der Waals surface area contributed by atoms with Crippen molar-refractivity contribution in [1.82, 2.24) is 5.06 Å². The molecular formula is C4H6F3NO2. The smallest absolute Gasteiger partial charge is 0.314 e. The molecule has 0 aromatic rings. The number of alkyl halides is 3. The number of nitrogens with zero attached hydrogens (tertiary/aromatic N) is 1. The van der Waals surface area contributed by atoms with Gasteiger partial charge in [0.25, 0.3) is 0 Å². The molecule has 3 nitrogen and oxygen atoms in total. The van der Waals surface area contributed by atoms with Gasteiger partial charge in [-0.3, -0.25) is 4.74 Å². The van der Waals surface area contributed by atoms with Gasteiger partial charge in [-0.1, -0.05) is 0 Å². The van der Waals surface area contributed by atoms with Gasteiger partial charge in [-0.25, -0.2) is 0 Å². The van der Waals surface area contributed by atoms with E-state index in [0.717, 1.165) is 5.06 Å². The van der Waals surface area contributed by atoms with Crippen LogP contribution in [-0.4, -0.2) is 35.8 Å². The molecule has 0 bridgehead atoms. The van der Waals surface area contributed by atoms with Gasteiger partial charge in [0.1, 0.15) is 0 Å². The van der Waals surface area contributed by atoms with Crippen LogP contribution in [0.25, 0.3) is 0 Å². The molecule has 6 heteroatoms. The molecule has 0 spiro atoms. The normalized spacial score (nSPS) is 22.8. The maximum absolute atomic E-state index is 11.3. The van der Waals surface area contributed by atoms with Crippen molar-refractivity contribution in [3.63, 3.8) is 0 Å². The van der Waals surface area contributed by atoms with E-state index in [-0.39, 0.29) is 13.1 Å². The molecule has 0 atom stereocenters. The average molecular weight is 157 g/mol. The summed E-state index contributed by atoms with van der Waals surface area (Å²) in [6, 6.07) is 0. The third-order valence-electron chi connectivity index (χ3n) is 1.13. The van der Waals surface area contributed by atoms with Crippen molar-refractivity contribution in [2.45, 2.75) is 12.5 Å². The molecule has 0 saturated carbocycles. The monoisotopic (exact) mass is 157 g/mol. The van der Waals surface area contributed by atoms with Crippen molar-refractivity contribution >= 4 is 0 Å². The molecule has 1 aliphatic rings. The molecule has 0 aliphatic carbocycles. The van der Waals surface area contributed by atoms with Crippen LogP contribution in [-0.2, 0) is 4.74 Å². The van der Waals surface area contributed by atoms with E-state index in [4.69, 9.17) is 5.21 Å². The first kappa shape index (κ1) is 7.77. The van der Waals surface area contributed by atoms with E-state index >= 15 is 0 Å². The summed E-state index contributed by atoms with van der Waals surface area (Å²) >= 11 is 0. The Hall–Kier alpha value is -0.330. The van der Waals surface area contributed by atoms with Crippen LogP contribution in [0.1, 0.15) is 0 Å². The zero-order valence-electron chi connectivity index (χ0n) is 4.93. The minimum absolute atomic E-state index is 0.0699. The fourth-order valence-corrected chi connectivity index (χ4v) is 0.680. The topological polar surface area (TPSA) is 32.7 Å². The first-order chi connectivity index (χ1) is 4.47. The Morgan fingerprint density at radius 3 is 2.20 bits per heavy atom. The van der Waals surface area contributed by atoms with Gasteiger partial charge in [0.2, 0.25) is 0 Å². The zero-order chi connectivity index (χ0) is 7.78. The second kappa shape index (κ2) is 2.37. The predicted octanol–water partition coefficient (Wildman–Crippen LogP) is 0.596. The second-order valence-electron chi connectivity index (χ2n) is 2.06. The zero-order valence-corrected chi connectivity index (χ0v) is 4.93. The van der Waals surface area contributed by atoms with E-state index in [1.807, 2.05) is 0 Å². The van der Waals surface area contributed by atoms with Crippen LogP contribution in [0.3, 0.4) is 0 Å². The van der Waals surface area contributed by atoms with Gasteiger partial charge in [-0.15, -0.1) is 13.2 Å². The molecule has 0 radical (unpaired) electrons. The summed E-state index contributed by atoms with van der Waals surface area (Å²) in [6.45, 7) is -0.140. The highest BCUT2D eigenvalue weighted by Crippen LogP contribution is 2.22. The van der Waals surface area contributed by atoms with Crippen molar-refractivity contribution in [1.29, 1.82) is 0 Å². The van der Waals surface area contributed by atoms with Crippen molar-refractivity contribution < 1.29 is 23.1 Å². The number of rotatable bonds is 1. The lowest BCUT2D eigenvalue weighted by molar-refractivity contribution is -0.369. The molecule has 60 valence electrons. The van der Waals surface area contributed by atoms with Crippen LogP contribution in [0, 0.1) is 0 Å². The highest BCUT2D eigenvalue weighted by atomic mass is 19.4. The second-order valence-corrected chi connectivity index (χ2v) is 2.06. The number of hydrogen-bond donors (Lipinski definition) is 1. The number of ether oxygens (including phenoxy) is 1. The minimum atomic E-state index is -4.58. The van der Waals surface area contributed by atoms with Crippen LogP contribution < -0.4 is 0 Å². The quantitative estimate of drug-likeness (QED) is 0.604. The molecular weight excluding hydrogens is 151 g/mol. The van der Waals surface area contributed by atoms with Gasteiger partial charge in [0.05, 0.1) is 19.2 Å². The van der Waals surface area contributed by atoms with E-state index in [1.54, 1.807) is 0 Å². The summed E-state index contributed by atoms with van der Waals surface area (Å²) in [4.78, 5) is 0. The Labute approximate surface area is 54.9 Å². The summed E-state index contributed by atoms with van der Waals surface area (Å²) in [5.74, 6) is 0. The highest BCUT2D eigenvalue weighted by molar-refractivity contribution is 4.73. The van der Waals surface area contributed by atoms with E-state index < -0.39 is 12.5 Å². The molecule has 0 aromatic carbocycles. The molecule has 1 saturated heterocycles. The SMILES string of the molecule is ON1CC(OC(F)(F)F)C1. The predicted molar refractivity (Wildman–Crippen MR) is 24.3 cm³/mol. The summed E-state index contributed by atoms with van der Waals surface area (Å²) in [7, 11) is 0. The first-order valence-corrected chi connectivity index (χ1v) is 2.66. The Morgan fingerprint density at radius 2 is 1.90 bits per heavy atom. The standard InChI is InChI=1S/C4H6F3NO2/c5-4(6,7)10-3-1-8(9)2-3/h3,9H,1-2H2. The Kier molecular flexibility index (Phi) is 1.84. The summed E-state index contributed by atoms with van der Waals surface area (Å²) < 4.78 is 37.5. The minimum Gasteiger partial charge on any atom is -0.314 e. The van der Waals surface area contributed by atoms with Gasteiger partial charge < -0.3 is 5.21 Å². The van der Waals surface area contributed by atoms with Gasteiger partial charge >= 0.3 is 6.36 Å². The maximum atomic E-state index is 11.3. The molecule has 1 N–H and O–H groups in total. The number of hydrogen-bond acceptors (Lipinski definition) is 3. The van der Waals surface area contributed by atoms with Crippen molar-refractivity contribution in [2.75, 3.05) is 13.1 Å². The average Bonchev–Trinajstić information content (AvgIpc) is 1.57. The Balaban J connectivity index is 2.16. The Morgan fingerprint density at radius 1 is 1.40 bits per heavy atom. The van der Waals surface area contributed by atoms with Gasteiger partial charge in [-0.2, -0.15) is 5.06 Å². The fourth-order valence-electron chi connectivity index (χ4n) is 0.680. The third kappa shape index (κ3) is 2.13. The molecule has 1 heterocycles. The van der Waals surface area contributed by atoms with Crippen molar-refractivity contribution in [2.24, 2.45) is 0 Å². The van der Waals surface area contributed by atoms with Crippen LogP contribution in [0.4, 0.5) is 13.2 Å². The molecule has 0 unspecified atom stereocenters. The summed E-state index contributed by atoms with van der Waals surface area (Å²) in [6.07, 6.45) is -5.48.